The van der Waals surface area contributed by atoms with E-state index in [0.29, 0.717) is 18.0 Å². The minimum atomic E-state index is -1.08. The summed E-state index contributed by atoms with van der Waals surface area (Å²) >= 11 is 1.45. The number of carboxylic acid groups (broad SMARTS) is 1. The van der Waals surface area contributed by atoms with E-state index < -0.39 is 5.97 Å². The molecule has 90 valence electrons. The van der Waals surface area contributed by atoms with E-state index in [1.165, 1.54) is 11.3 Å². The lowest BCUT2D eigenvalue weighted by atomic mass is 10.3. The van der Waals surface area contributed by atoms with Crippen LogP contribution in [0, 0.1) is 13.8 Å². The highest BCUT2D eigenvalue weighted by Crippen LogP contribution is 2.30. The molecular weight excluding hydrogens is 240 g/mol. The van der Waals surface area contributed by atoms with Gasteiger partial charge in [0.25, 0.3) is 0 Å². The Morgan fingerprint density at radius 1 is 1.41 bits per heavy atom. The molecule has 0 aliphatic carbocycles. The van der Waals surface area contributed by atoms with Crippen molar-refractivity contribution in [2.45, 2.75) is 27.2 Å². The molecule has 2 aromatic rings. The van der Waals surface area contributed by atoms with Crippen LogP contribution in [0.4, 0.5) is 0 Å². The van der Waals surface area contributed by atoms with Crippen LogP contribution in [0.1, 0.15) is 33.9 Å². The van der Waals surface area contributed by atoms with Gasteiger partial charge in [0.1, 0.15) is 4.88 Å². The zero-order valence-corrected chi connectivity index (χ0v) is 10.6. The van der Waals surface area contributed by atoms with Gasteiger partial charge in [-0.15, -0.1) is 11.3 Å². The number of carbonyl (C=O) groups is 1. The van der Waals surface area contributed by atoms with Crippen molar-refractivity contribution >= 4 is 17.3 Å². The monoisotopic (exact) mass is 252 g/mol. The SMILES string of the molecule is CCc1nc(-c2sc(C)nc2C)oc1C(=O)O. The largest absolute Gasteiger partial charge is 0.475 e. The number of oxazole rings is 1. The number of aromatic carboxylic acids is 1. The van der Waals surface area contributed by atoms with Gasteiger partial charge in [-0.2, -0.15) is 0 Å². The topological polar surface area (TPSA) is 76.2 Å². The second kappa shape index (κ2) is 4.29. The van der Waals surface area contributed by atoms with E-state index in [1.54, 1.807) is 0 Å². The maximum atomic E-state index is 11.0. The number of rotatable bonds is 3. The van der Waals surface area contributed by atoms with Crippen molar-refractivity contribution in [3.05, 3.63) is 22.2 Å². The van der Waals surface area contributed by atoms with Crippen molar-refractivity contribution in [3.63, 3.8) is 0 Å². The molecule has 0 spiro atoms. The Balaban J connectivity index is 2.53. The summed E-state index contributed by atoms with van der Waals surface area (Å²) in [6.45, 7) is 5.59. The summed E-state index contributed by atoms with van der Waals surface area (Å²) in [4.78, 5) is 20.3. The van der Waals surface area contributed by atoms with Crippen LogP contribution in [-0.2, 0) is 6.42 Å². The van der Waals surface area contributed by atoms with Crippen LogP contribution < -0.4 is 0 Å². The van der Waals surface area contributed by atoms with Crippen LogP contribution >= 0.6 is 11.3 Å². The fourth-order valence-electron chi connectivity index (χ4n) is 1.59. The summed E-state index contributed by atoms with van der Waals surface area (Å²) in [6, 6.07) is 0. The van der Waals surface area contributed by atoms with Gasteiger partial charge in [-0.05, 0) is 20.3 Å². The van der Waals surface area contributed by atoms with Gasteiger partial charge in [-0.1, -0.05) is 6.92 Å². The molecule has 0 fully saturated rings. The van der Waals surface area contributed by atoms with Crippen LogP contribution in [0.3, 0.4) is 0 Å². The minimum absolute atomic E-state index is 0.0760. The number of thiazole rings is 1. The number of hydrogen-bond donors (Lipinski definition) is 1. The highest BCUT2D eigenvalue weighted by Gasteiger charge is 2.21. The molecule has 0 bridgehead atoms. The summed E-state index contributed by atoms with van der Waals surface area (Å²) in [5, 5.41) is 9.89. The first kappa shape index (κ1) is 11.8. The van der Waals surface area contributed by atoms with E-state index >= 15 is 0 Å². The van der Waals surface area contributed by atoms with Crippen molar-refractivity contribution in [2.75, 3.05) is 0 Å². The van der Waals surface area contributed by atoms with Crippen LogP contribution in [0.25, 0.3) is 10.8 Å². The maximum Gasteiger partial charge on any atom is 0.373 e. The van der Waals surface area contributed by atoms with Crippen LogP contribution in [0.5, 0.6) is 0 Å². The lowest BCUT2D eigenvalue weighted by Crippen LogP contribution is -1.98. The lowest BCUT2D eigenvalue weighted by molar-refractivity contribution is 0.0662. The smallest absolute Gasteiger partial charge is 0.373 e. The quantitative estimate of drug-likeness (QED) is 0.908. The second-order valence-electron chi connectivity index (χ2n) is 3.60. The molecule has 0 atom stereocenters. The third-order valence-electron chi connectivity index (χ3n) is 2.32. The maximum absolute atomic E-state index is 11.0. The molecule has 2 rings (SSSR count). The Hall–Kier alpha value is -1.69. The molecule has 2 aromatic heterocycles. The third kappa shape index (κ3) is 2.08. The zero-order chi connectivity index (χ0) is 12.6. The molecule has 0 radical (unpaired) electrons. The van der Waals surface area contributed by atoms with Crippen LogP contribution in [0.15, 0.2) is 4.42 Å². The molecule has 0 unspecified atom stereocenters. The van der Waals surface area contributed by atoms with Crippen molar-refractivity contribution in [1.29, 1.82) is 0 Å². The Labute approximate surface area is 102 Å². The molecule has 0 amide bonds. The predicted molar refractivity (Wildman–Crippen MR) is 63.4 cm³/mol. The van der Waals surface area contributed by atoms with Gasteiger partial charge in [0.15, 0.2) is 0 Å². The van der Waals surface area contributed by atoms with E-state index in [0.717, 1.165) is 15.6 Å². The average molecular weight is 252 g/mol. The molecule has 0 aromatic carbocycles. The molecule has 5 nitrogen and oxygen atoms in total. The van der Waals surface area contributed by atoms with Crippen molar-refractivity contribution in [2.24, 2.45) is 0 Å². The average Bonchev–Trinajstić information content (AvgIpc) is 2.81. The number of aromatic nitrogens is 2. The van der Waals surface area contributed by atoms with Crippen molar-refractivity contribution in [1.82, 2.24) is 9.97 Å². The molecule has 2 heterocycles. The van der Waals surface area contributed by atoms with Gasteiger partial charge in [0.2, 0.25) is 11.7 Å². The first-order valence-electron chi connectivity index (χ1n) is 5.20. The third-order valence-corrected chi connectivity index (χ3v) is 3.39. The summed E-state index contributed by atoms with van der Waals surface area (Å²) < 4.78 is 5.31. The second-order valence-corrected chi connectivity index (χ2v) is 4.80. The molecule has 0 aliphatic heterocycles. The molecule has 6 heteroatoms. The van der Waals surface area contributed by atoms with Gasteiger partial charge in [-0.25, -0.2) is 14.8 Å². The van der Waals surface area contributed by atoms with Gasteiger partial charge in [0.05, 0.1) is 16.4 Å². The van der Waals surface area contributed by atoms with E-state index in [1.807, 2.05) is 20.8 Å². The summed E-state index contributed by atoms with van der Waals surface area (Å²) in [5.41, 5.74) is 1.28. The number of aryl methyl sites for hydroxylation is 3. The highest BCUT2D eigenvalue weighted by molar-refractivity contribution is 7.15. The van der Waals surface area contributed by atoms with E-state index in [4.69, 9.17) is 9.52 Å². The van der Waals surface area contributed by atoms with E-state index in [2.05, 4.69) is 9.97 Å². The highest BCUT2D eigenvalue weighted by atomic mass is 32.1. The fourth-order valence-corrected chi connectivity index (χ4v) is 2.43. The first-order chi connectivity index (χ1) is 8.02. The standard InChI is InChI=1S/C11H12N2O3S/c1-4-7-8(11(14)15)16-10(13-7)9-5(2)12-6(3)17-9/h4H2,1-3H3,(H,14,15). The molecule has 0 saturated heterocycles. The lowest BCUT2D eigenvalue weighted by Gasteiger charge is -1.89. The van der Waals surface area contributed by atoms with Gasteiger partial charge >= 0.3 is 5.97 Å². The number of hydrogen-bond acceptors (Lipinski definition) is 5. The molecule has 17 heavy (non-hydrogen) atoms. The molecule has 0 saturated carbocycles. The first-order valence-corrected chi connectivity index (χ1v) is 6.02. The summed E-state index contributed by atoms with van der Waals surface area (Å²) in [7, 11) is 0. The predicted octanol–water partition coefficient (Wildman–Crippen LogP) is 2.68. The zero-order valence-electron chi connectivity index (χ0n) is 9.77. The Bertz CT molecular complexity index is 571. The Morgan fingerprint density at radius 2 is 2.12 bits per heavy atom. The van der Waals surface area contributed by atoms with E-state index in [-0.39, 0.29) is 5.76 Å². The Kier molecular flexibility index (Phi) is 2.97. The van der Waals surface area contributed by atoms with Gasteiger partial charge in [0, 0.05) is 0 Å². The van der Waals surface area contributed by atoms with Gasteiger partial charge < -0.3 is 9.52 Å². The summed E-state index contributed by atoms with van der Waals surface area (Å²) in [5.74, 6) is -0.810. The van der Waals surface area contributed by atoms with Crippen LogP contribution in [-0.4, -0.2) is 21.0 Å². The Morgan fingerprint density at radius 3 is 2.53 bits per heavy atom. The van der Waals surface area contributed by atoms with Gasteiger partial charge in [-0.3, -0.25) is 0 Å². The minimum Gasteiger partial charge on any atom is -0.475 e. The molecule has 0 aliphatic rings. The number of nitrogens with zero attached hydrogens (tertiary/aromatic N) is 2. The molecular formula is C11H12N2O3S. The number of carboxylic acids is 1. The normalized spacial score (nSPS) is 10.8. The van der Waals surface area contributed by atoms with Crippen LogP contribution in [0.2, 0.25) is 0 Å². The molecule has 1 N–H and O–H groups in total. The van der Waals surface area contributed by atoms with E-state index in [9.17, 15) is 4.79 Å². The fraction of sp³-hybridized carbons (Fsp3) is 0.364. The summed E-state index contributed by atoms with van der Waals surface area (Å²) in [6.07, 6.45) is 0.530. The van der Waals surface area contributed by atoms with Crippen molar-refractivity contribution < 1.29 is 14.3 Å². The van der Waals surface area contributed by atoms with Crippen molar-refractivity contribution in [3.8, 4) is 10.8 Å².